The number of anilines is 2. The lowest BCUT2D eigenvalue weighted by atomic mass is 10.00. The van der Waals surface area contributed by atoms with Crippen LogP contribution in [0.2, 0.25) is 0 Å². The van der Waals surface area contributed by atoms with Crippen LogP contribution in [0.4, 0.5) is 10.9 Å². The predicted octanol–water partition coefficient (Wildman–Crippen LogP) is 2.85. The molecule has 0 radical (unpaired) electrons. The molecule has 0 saturated heterocycles. The average molecular weight is 366 g/mol. The van der Waals surface area contributed by atoms with Crippen molar-refractivity contribution >= 4 is 33.9 Å². The molecule has 3 rings (SSSR count). The van der Waals surface area contributed by atoms with Crippen LogP contribution in [-0.4, -0.2) is 33.6 Å². The van der Waals surface area contributed by atoms with Gasteiger partial charge in [-0.2, -0.15) is 0 Å². The van der Waals surface area contributed by atoms with E-state index in [0.29, 0.717) is 27.8 Å². The molecular weight excluding hydrogens is 348 g/mol. The molecule has 1 aromatic carbocycles. The molecule has 0 saturated carbocycles. The maximum Gasteiger partial charge on any atom is 0.257 e. The zero-order valence-corrected chi connectivity index (χ0v) is 15.5. The lowest BCUT2D eigenvalue weighted by Gasteiger charge is -2.11. The number of nitrogens with zero attached hydrogens (tertiary/aromatic N) is 4. The van der Waals surface area contributed by atoms with Crippen molar-refractivity contribution in [2.24, 2.45) is 4.99 Å². The number of rotatable bonds is 4. The van der Waals surface area contributed by atoms with Crippen LogP contribution in [0.5, 0.6) is 0 Å². The number of nitrogen functional groups attached to an aromatic ring is 1. The highest BCUT2D eigenvalue weighted by Gasteiger charge is 2.15. The highest BCUT2D eigenvalue weighted by molar-refractivity contribution is 7.15. The monoisotopic (exact) mass is 366 g/mol. The summed E-state index contributed by atoms with van der Waals surface area (Å²) in [6.45, 7) is 3.80. The van der Waals surface area contributed by atoms with Gasteiger partial charge in [0.15, 0.2) is 5.13 Å². The van der Waals surface area contributed by atoms with Crippen LogP contribution in [0, 0.1) is 13.8 Å². The zero-order chi connectivity index (χ0) is 18.7. The van der Waals surface area contributed by atoms with E-state index in [1.807, 2.05) is 26.0 Å². The third kappa shape index (κ3) is 3.60. The molecule has 26 heavy (non-hydrogen) atoms. The number of aryl methyl sites for hydroxylation is 2. The van der Waals surface area contributed by atoms with Crippen LogP contribution in [0.15, 0.2) is 41.8 Å². The number of benzene rings is 1. The van der Waals surface area contributed by atoms with Gasteiger partial charge in [0.1, 0.15) is 12.1 Å². The minimum Gasteiger partial charge on any atom is -0.383 e. The second kappa shape index (κ2) is 7.40. The Hall–Kier alpha value is -3.13. The van der Waals surface area contributed by atoms with Crippen molar-refractivity contribution in [1.82, 2.24) is 15.0 Å². The van der Waals surface area contributed by atoms with Gasteiger partial charge in [-0.05, 0) is 26.0 Å². The van der Waals surface area contributed by atoms with E-state index < -0.39 is 0 Å². The Morgan fingerprint density at radius 3 is 2.38 bits per heavy atom. The van der Waals surface area contributed by atoms with Crippen molar-refractivity contribution in [1.29, 1.82) is 0 Å². The second-order valence-electron chi connectivity index (χ2n) is 5.60. The average Bonchev–Trinajstić information content (AvgIpc) is 3.03. The number of hydrogen-bond acceptors (Lipinski definition) is 7. The van der Waals surface area contributed by atoms with Crippen molar-refractivity contribution in [3.8, 4) is 0 Å². The van der Waals surface area contributed by atoms with Crippen molar-refractivity contribution < 1.29 is 4.79 Å². The second-order valence-corrected chi connectivity index (χ2v) is 6.83. The summed E-state index contributed by atoms with van der Waals surface area (Å²) in [5.74, 6) is 0.165. The van der Waals surface area contributed by atoms with Crippen LogP contribution in [0.3, 0.4) is 0 Å². The minimum atomic E-state index is -0.209. The third-order valence-corrected chi connectivity index (χ3v) is 4.62. The van der Waals surface area contributed by atoms with E-state index in [9.17, 15) is 4.79 Å². The Balaban J connectivity index is 1.85. The van der Waals surface area contributed by atoms with E-state index in [-0.39, 0.29) is 5.91 Å². The lowest BCUT2D eigenvalue weighted by Crippen LogP contribution is -2.14. The highest BCUT2D eigenvalue weighted by atomic mass is 32.1. The number of aromatic nitrogens is 3. The summed E-state index contributed by atoms with van der Waals surface area (Å²) in [5.41, 5.74) is 9.50. The lowest BCUT2D eigenvalue weighted by molar-refractivity contribution is 0.102. The first-order chi connectivity index (χ1) is 12.5. The van der Waals surface area contributed by atoms with E-state index in [4.69, 9.17) is 5.73 Å². The molecule has 132 valence electrons. The topological polar surface area (TPSA) is 106 Å². The molecule has 0 atom stereocenters. The number of carbonyl (C=O) groups is 1. The summed E-state index contributed by atoms with van der Waals surface area (Å²) in [7, 11) is 1.69. The van der Waals surface area contributed by atoms with Crippen LogP contribution in [0.1, 0.15) is 32.1 Å². The van der Waals surface area contributed by atoms with Gasteiger partial charge in [-0.1, -0.05) is 12.1 Å². The van der Waals surface area contributed by atoms with E-state index in [2.05, 4.69) is 25.3 Å². The Labute approximate surface area is 155 Å². The SMILES string of the molecule is CN=C(c1ccc(C(=O)Nc2ncc(C)s2)cc1)c1c(C)ncnc1N. The summed E-state index contributed by atoms with van der Waals surface area (Å²) in [6.07, 6.45) is 3.15. The van der Waals surface area contributed by atoms with Gasteiger partial charge in [0.05, 0.1) is 17.0 Å². The smallest absolute Gasteiger partial charge is 0.257 e. The van der Waals surface area contributed by atoms with Crippen LogP contribution >= 0.6 is 11.3 Å². The molecule has 0 fully saturated rings. The first kappa shape index (κ1) is 17.7. The molecule has 3 aromatic rings. The molecule has 0 aliphatic rings. The fourth-order valence-electron chi connectivity index (χ4n) is 2.53. The number of thiazole rings is 1. The van der Waals surface area contributed by atoms with Crippen molar-refractivity contribution in [3.63, 3.8) is 0 Å². The summed E-state index contributed by atoms with van der Waals surface area (Å²) >= 11 is 1.43. The van der Waals surface area contributed by atoms with E-state index in [1.54, 1.807) is 25.4 Å². The number of nitrogens with one attached hydrogen (secondary N) is 1. The largest absolute Gasteiger partial charge is 0.383 e. The quantitative estimate of drug-likeness (QED) is 0.691. The molecule has 0 aliphatic heterocycles. The van der Waals surface area contributed by atoms with Gasteiger partial charge >= 0.3 is 0 Å². The van der Waals surface area contributed by atoms with Gasteiger partial charge in [0.2, 0.25) is 0 Å². The van der Waals surface area contributed by atoms with Gasteiger partial charge < -0.3 is 5.73 Å². The molecule has 2 heterocycles. The Morgan fingerprint density at radius 2 is 1.81 bits per heavy atom. The standard InChI is InChI=1S/C18H18N6OS/c1-10-8-21-18(26-10)24-17(25)13-6-4-12(5-7-13)15(20-3)14-11(2)22-9-23-16(14)19/h4-9H,1-3H3,(H2,19,22,23)(H,21,24,25). The molecule has 1 amide bonds. The third-order valence-electron chi connectivity index (χ3n) is 3.79. The minimum absolute atomic E-state index is 0.209. The number of hydrogen-bond donors (Lipinski definition) is 2. The Kier molecular flexibility index (Phi) is 5.04. The summed E-state index contributed by atoms with van der Waals surface area (Å²) in [4.78, 5) is 30.1. The van der Waals surface area contributed by atoms with Crippen molar-refractivity contribution in [3.05, 3.63) is 64.1 Å². The number of carbonyl (C=O) groups excluding carboxylic acids is 1. The maximum absolute atomic E-state index is 12.3. The van der Waals surface area contributed by atoms with Crippen molar-refractivity contribution in [2.75, 3.05) is 18.1 Å². The first-order valence-electron chi connectivity index (χ1n) is 7.88. The number of amides is 1. The van der Waals surface area contributed by atoms with Gasteiger partial charge in [-0.3, -0.25) is 15.1 Å². The van der Waals surface area contributed by atoms with E-state index in [0.717, 1.165) is 16.1 Å². The van der Waals surface area contributed by atoms with Gasteiger partial charge in [-0.15, -0.1) is 11.3 Å². The summed E-state index contributed by atoms with van der Waals surface area (Å²) in [5, 5.41) is 3.37. The molecule has 0 unspecified atom stereocenters. The summed E-state index contributed by atoms with van der Waals surface area (Å²) < 4.78 is 0. The number of nitrogens with two attached hydrogens (primary N) is 1. The summed E-state index contributed by atoms with van der Waals surface area (Å²) in [6, 6.07) is 7.14. The van der Waals surface area contributed by atoms with Gasteiger partial charge in [0.25, 0.3) is 5.91 Å². The molecule has 0 aliphatic carbocycles. The fourth-order valence-corrected chi connectivity index (χ4v) is 3.19. The van der Waals surface area contributed by atoms with E-state index >= 15 is 0 Å². The molecule has 0 spiro atoms. The van der Waals surface area contributed by atoms with Gasteiger partial charge in [-0.25, -0.2) is 15.0 Å². The normalized spacial score (nSPS) is 11.4. The molecule has 3 N–H and O–H groups in total. The first-order valence-corrected chi connectivity index (χ1v) is 8.69. The Morgan fingerprint density at radius 1 is 1.12 bits per heavy atom. The highest BCUT2D eigenvalue weighted by Crippen LogP contribution is 2.20. The predicted molar refractivity (Wildman–Crippen MR) is 104 cm³/mol. The van der Waals surface area contributed by atoms with E-state index in [1.165, 1.54) is 17.7 Å². The van der Waals surface area contributed by atoms with Crippen LogP contribution in [0.25, 0.3) is 0 Å². The molecule has 0 bridgehead atoms. The van der Waals surface area contributed by atoms with Crippen LogP contribution < -0.4 is 11.1 Å². The molecule has 2 aromatic heterocycles. The van der Waals surface area contributed by atoms with Crippen LogP contribution in [-0.2, 0) is 0 Å². The molecule has 8 heteroatoms. The fraction of sp³-hybridized carbons (Fsp3) is 0.167. The maximum atomic E-state index is 12.3. The Bertz CT molecular complexity index is 957. The molecular formula is C18H18N6OS. The van der Waals surface area contributed by atoms with Crippen molar-refractivity contribution in [2.45, 2.75) is 13.8 Å². The molecule has 7 nitrogen and oxygen atoms in total. The zero-order valence-electron chi connectivity index (χ0n) is 14.6. The van der Waals surface area contributed by atoms with Gasteiger partial charge in [0, 0.05) is 29.2 Å². The number of aliphatic imine (C=N–C) groups is 1.